The molecule has 0 aromatic heterocycles. The Morgan fingerprint density at radius 2 is 1.16 bits per heavy atom. The van der Waals surface area contributed by atoms with Gasteiger partial charge in [0, 0.05) is 23.1 Å². The SMILES string of the molecule is CCC#CC1=C(c2cccc(CCCCC)c2)[N+](=[N-])C(c2cccc(CCCCC)c2)=C1CCCCC. The molecule has 0 saturated carbocycles. The zero-order valence-electron chi connectivity index (χ0n) is 23.7. The summed E-state index contributed by atoms with van der Waals surface area (Å²) >= 11 is 0. The molecule has 0 fully saturated rings. The summed E-state index contributed by atoms with van der Waals surface area (Å²) in [4.78, 5) is 0. The summed E-state index contributed by atoms with van der Waals surface area (Å²) < 4.78 is 1.46. The summed E-state index contributed by atoms with van der Waals surface area (Å²) in [5.41, 5.74) is 20.6. The van der Waals surface area contributed by atoms with E-state index in [2.05, 4.69) is 88.1 Å². The Hall–Kier alpha value is -2.92. The molecule has 0 aliphatic carbocycles. The largest absolute Gasteiger partial charge is 0.493 e. The van der Waals surface area contributed by atoms with Gasteiger partial charge in [-0.15, -0.1) is 0 Å². The molecule has 196 valence electrons. The van der Waals surface area contributed by atoms with Crippen LogP contribution in [0.25, 0.3) is 16.9 Å². The summed E-state index contributed by atoms with van der Waals surface area (Å²) in [5.74, 6) is 6.81. The predicted molar refractivity (Wildman–Crippen MR) is 159 cm³/mol. The Balaban J connectivity index is 2.08. The van der Waals surface area contributed by atoms with Gasteiger partial charge in [-0.2, -0.15) is 0 Å². The van der Waals surface area contributed by atoms with Crippen LogP contribution >= 0.6 is 0 Å². The number of allylic oxidation sites excluding steroid dienone is 2. The first-order valence-corrected chi connectivity index (χ1v) is 14.8. The van der Waals surface area contributed by atoms with Gasteiger partial charge in [0.15, 0.2) is 0 Å². The maximum Gasteiger partial charge on any atom is 0.223 e. The van der Waals surface area contributed by atoms with Crippen molar-refractivity contribution in [3.8, 4) is 11.8 Å². The normalized spacial score (nSPS) is 13.4. The summed E-state index contributed by atoms with van der Waals surface area (Å²) in [5, 5.41) is 0. The summed E-state index contributed by atoms with van der Waals surface area (Å²) in [7, 11) is 0. The Bertz CT molecular complexity index is 1170. The van der Waals surface area contributed by atoms with Crippen LogP contribution in [0.1, 0.15) is 121 Å². The second-order valence-corrected chi connectivity index (χ2v) is 10.3. The highest BCUT2D eigenvalue weighted by atomic mass is 15.2. The number of hydrogen-bond acceptors (Lipinski definition) is 0. The fourth-order valence-electron chi connectivity index (χ4n) is 5.18. The van der Waals surface area contributed by atoms with Crippen molar-refractivity contribution in [3.05, 3.63) is 87.5 Å². The topological polar surface area (TPSA) is 25.3 Å². The Morgan fingerprint density at radius 3 is 1.68 bits per heavy atom. The van der Waals surface area contributed by atoms with Crippen LogP contribution in [0.5, 0.6) is 0 Å². The van der Waals surface area contributed by atoms with Crippen LogP contribution in [0.3, 0.4) is 0 Å². The molecule has 1 aliphatic rings. The highest BCUT2D eigenvalue weighted by Crippen LogP contribution is 2.42. The van der Waals surface area contributed by atoms with E-state index in [0.717, 1.165) is 60.2 Å². The lowest BCUT2D eigenvalue weighted by atomic mass is 9.94. The quantitative estimate of drug-likeness (QED) is 0.142. The third kappa shape index (κ3) is 7.78. The number of hydrogen-bond donors (Lipinski definition) is 0. The van der Waals surface area contributed by atoms with E-state index in [0.29, 0.717) is 0 Å². The van der Waals surface area contributed by atoms with E-state index in [-0.39, 0.29) is 0 Å². The van der Waals surface area contributed by atoms with E-state index < -0.39 is 0 Å². The van der Waals surface area contributed by atoms with Gasteiger partial charge in [0.05, 0.1) is 0 Å². The first-order valence-electron chi connectivity index (χ1n) is 14.8. The van der Waals surface area contributed by atoms with Crippen LogP contribution in [-0.2, 0) is 12.8 Å². The minimum absolute atomic E-state index is 0.795. The zero-order valence-corrected chi connectivity index (χ0v) is 23.7. The third-order valence-electron chi connectivity index (χ3n) is 7.21. The Labute approximate surface area is 226 Å². The molecule has 37 heavy (non-hydrogen) atoms. The van der Waals surface area contributed by atoms with E-state index in [1.807, 2.05) is 0 Å². The average Bonchev–Trinajstić information content (AvgIpc) is 3.19. The van der Waals surface area contributed by atoms with Crippen LogP contribution in [0.15, 0.2) is 59.7 Å². The molecule has 0 spiro atoms. The number of nitrogens with zero attached hydrogens (tertiary/aromatic N) is 2. The molecule has 0 atom stereocenters. The first kappa shape index (κ1) is 28.6. The van der Waals surface area contributed by atoms with Gasteiger partial charge >= 0.3 is 0 Å². The number of unbranched alkanes of at least 4 members (excludes halogenated alkanes) is 6. The van der Waals surface area contributed by atoms with Crippen LogP contribution in [-0.4, -0.2) is 4.70 Å². The van der Waals surface area contributed by atoms with Crippen molar-refractivity contribution in [1.29, 1.82) is 0 Å². The maximum absolute atomic E-state index is 11.8. The molecule has 0 N–H and O–H groups in total. The van der Waals surface area contributed by atoms with Crippen molar-refractivity contribution in [1.82, 2.24) is 0 Å². The van der Waals surface area contributed by atoms with Crippen molar-refractivity contribution >= 4 is 11.4 Å². The van der Waals surface area contributed by atoms with E-state index >= 15 is 0 Å². The molecule has 2 nitrogen and oxygen atoms in total. The molecule has 2 aromatic rings. The second-order valence-electron chi connectivity index (χ2n) is 10.3. The molecule has 2 aromatic carbocycles. The lowest BCUT2D eigenvalue weighted by molar-refractivity contribution is -0.345. The first-order chi connectivity index (χ1) is 18.1. The molecule has 2 heteroatoms. The van der Waals surface area contributed by atoms with Gasteiger partial charge in [0.2, 0.25) is 11.4 Å². The minimum atomic E-state index is 0.795. The Kier molecular flexibility index (Phi) is 11.9. The average molecular weight is 495 g/mol. The monoisotopic (exact) mass is 494 g/mol. The van der Waals surface area contributed by atoms with E-state index in [9.17, 15) is 5.53 Å². The summed E-state index contributed by atoms with van der Waals surface area (Å²) in [6, 6.07) is 17.5. The van der Waals surface area contributed by atoms with Gasteiger partial charge in [0.1, 0.15) is 5.57 Å². The molecule has 0 unspecified atom stereocenters. The van der Waals surface area contributed by atoms with E-state index in [4.69, 9.17) is 0 Å². The van der Waals surface area contributed by atoms with Crippen LogP contribution < -0.4 is 0 Å². The van der Waals surface area contributed by atoms with Crippen molar-refractivity contribution in [2.75, 3.05) is 0 Å². The molecule has 0 saturated heterocycles. The van der Waals surface area contributed by atoms with Gasteiger partial charge in [-0.05, 0) is 73.9 Å². The van der Waals surface area contributed by atoms with Gasteiger partial charge in [0.25, 0.3) is 0 Å². The predicted octanol–water partition coefficient (Wildman–Crippen LogP) is 10.3. The lowest BCUT2D eigenvalue weighted by Gasteiger charge is -2.11. The second kappa shape index (κ2) is 15.4. The number of benzene rings is 2. The highest BCUT2D eigenvalue weighted by molar-refractivity contribution is 5.85. The molecule has 0 amide bonds. The van der Waals surface area contributed by atoms with Gasteiger partial charge in [-0.1, -0.05) is 102 Å². The van der Waals surface area contributed by atoms with E-state index in [1.165, 1.54) is 72.8 Å². The van der Waals surface area contributed by atoms with Crippen molar-refractivity contribution < 1.29 is 4.70 Å². The van der Waals surface area contributed by atoms with Gasteiger partial charge in [-0.25, -0.2) is 4.70 Å². The van der Waals surface area contributed by atoms with Crippen molar-refractivity contribution in [2.45, 2.75) is 111 Å². The smallest absolute Gasteiger partial charge is 0.223 e. The van der Waals surface area contributed by atoms with Gasteiger partial charge in [-0.3, -0.25) is 0 Å². The minimum Gasteiger partial charge on any atom is -0.493 e. The van der Waals surface area contributed by atoms with Gasteiger partial charge < -0.3 is 5.53 Å². The van der Waals surface area contributed by atoms with Crippen LogP contribution in [0.2, 0.25) is 0 Å². The number of aryl methyl sites for hydroxylation is 2. The fraction of sp³-hybridized carbons (Fsp3) is 0.486. The molecular formula is C35H46N2. The lowest BCUT2D eigenvalue weighted by Crippen LogP contribution is -2.03. The van der Waals surface area contributed by atoms with Crippen LogP contribution in [0.4, 0.5) is 0 Å². The third-order valence-corrected chi connectivity index (χ3v) is 7.21. The molecule has 0 bridgehead atoms. The molecular weight excluding hydrogens is 448 g/mol. The van der Waals surface area contributed by atoms with Crippen LogP contribution in [0, 0.1) is 11.8 Å². The summed E-state index contributed by atoms with van der Waals surface area (Å²) in [6.45, 7) is 8.82. The molecule has 0 radical (unpaired) electrons. The fourth-order valence-corrected chi connectivity index (χ4v) is 5.18. The standard InChI is InChI=1S/C35H46N2/c1-5-9-13-18-28-20-16-22-30(26-28)34-32(24-12-8-4)33(25-15-11-7-3)35(37(34)36)31-23-17-21-29(27-31)19-14-10-6-2/h16-17,20-23,26-27H,5-11,13-15,18-19,25H2,1-4H3. The van der Waals surface area contributed by atoms with E-state index in [1.54, 1.807) is 0 Å². The van der Waals surface area contributed by atoms with Crippen molar-refractivity contribution in [2.24, 2.45) is 0 Å². The van der Waals surface area contributed by atoms with Crippen molar-refractivity contribution in [3.63, 3.8) is 0 Å². The highest BCUT2D eigenvalue weighted by Gasteiger charge is 2.35. The molecule has 3 rings (SSSR count). The summed E-state index contributed by atoms with van der Waals surface area (Å²) in [6.07, 6.45) is 14.6. The maximum atomic E-state index is 11.8. The Morgan fingerprint density at radius 1 is 0.649 bits per heavy atom. The molecule has 1 aliphatic heterocycles. The molecule has 1 heterocycles. The zero-order chi connectivity index (χ0) is 26.5. The number of rotatable bonds is 14.